The lowest BCUT2D eigenvalue weighted by atomic mass is 10.1. The summed E-state index contributed by atoms with van der Waals surface area (Å²) in [7, 11) is -1.70. The molecule has 3 heteroatoms. The van der Waals surface area contributed by atoms with Crippen LogP contribution in [0.15, 0.2) is 115 Å². The van der Waals surface area contributed by atoms with Gasteiger partial charge in [-0.1, -0.05) is 84.4 Å². The van der Waals surface area contributed by atoms with Gasteiger partial charge in [0.15, 0.2) is 0 Å². The van der Waals surface area contributed by atoms with E-state index in [4.69, 9.17) is 11.6 Å². The number of hydrogen-bond acceptors (Lipinski definition) is 0. The molecule has 32 heavy (non-hydrogen) atoms. The minimum absolute atomic E-state index is 0. The summed E-state index contributed by atoms with van der Waals surface area (Å²) >= 11 is 6.36. The molecule has 0 heterocycles. The highest BCUT2D eigenvalue weighted by molar-refractivity contribution is 7.95. The molecule has 0 saturated carbocycles. The van der Waals surface area contributed by atoms with Gasteiger partial charge in [0.2, 0.25) is 0 Å². The van der Waals surface area contributed by atoms with Crippen LogP contribution in [-0.4, -0.2) is 6.16 Å². The minimum atomic E-state index is -1.70. The minimum Gasteiger partial charge on any atom is -1.00 e. The van der Waals surface area contributed by atoms with Gasteiger partial charge < -0.3 is 17.0 Å². The summed E-state index contributed by atoms with van der Waals surface area (Å²) in [5.41, 5.74) is 1.26. The summed E-state index contributed by atoms with van der Waals surface area (Å²) in [5.74, 6) is 0. The summed E-state index contributed by atoms with van der Waals surface area (Å²) in [5, 5.41) is 5.30. The van der Waals surface area contributed by atoms with Crippen molar-refractivity contribution in [2.45, 2.75) is 25.7 Å². The maximum atomic E-state index is 6.36. The van der Waals surface area contributed by atoms with Gasteiger partial charge in [0.25, 0.3) is 0 Å². The van der Waals surface area contributed by atoms with Crippen molar-refractivity contribution in [3.8, 4) is 0 Å². The third kappa shape index (κ3) is 5.70. The second-order valence-electron chi connectivity index (χ2n) is 7.94. The molecule has 0 atom stereocenters. The molecule has 164 valence electrons. The van der Waals surface area contributed by atoms with Gasteiger partial charge in [-0.05, 0) is 73.7 Å². The Labute approximate surface area is 208 Å². The summed E-state index contributed by atoms with van der Waals surface area (Å²) in [6, 6.07) is 41.7. The van der Waals surface area contributed by atoms with Gasteiger partial charge in [0.05, 0.1) is 6.16 Å². The SMILES string of the molecule is Clc1ccccc1CCCCC[P+](c1ccccc1)(c1ccccc1)c1ccccc1.[Br-]. The molecule has 0 unspecified atom stereocenters. The molecule has 4 aromatic rings. The second kappa shape index (κ2) is 12.4. The van der Waals surface area contributed by atoms with Gasteiger partial charge in [-0.25, -0.2) is 0 Å². The Morgan fingerprint density at radius 1 is 0.500 bits per heavy atom. The lowest BCUT2D eigenvalue weighted by molar-refractivity contribution is -0.00000597. The molecular weight excluding hydrogens is 495 g/mol. The van der Waals surface area contributed by atoms with E-state index in [-0.39, 0.29) is 17.0 Å². The van der Waals surface area contributed by atoms with E-state index in [0.29, 0.717) is 0 Å². The summed E-state index contributed by atoms with van der Waals surface area (Å²) < 4.78 is 0. The van der Waals surface area contributed by atoms with Crippen molar-refractivity contribution in [2.24, 2.45) is 0 Å². The van der Waals surface area contributed by atoms with Crippen LogP contribution in [0.5, 0.6) is 0 Å². The van der Waals surface area contributed by atoms with Crippen LogP contribution < -0.4 is 32.9 Å². The molecule has 0 amide bonds. The van der Waals surface area contributed by atoms with E-state index < -0.39 is 7.26 Å². The van der Waals surface area contributed by atoms with E-state index in [1.807, 2.05) is 12.1 Å². The van der Waals surface area contributed by atoms with Crippen LogP contribution in [0.1, 0.15) is 24.8 Å². The molecule has 4 aromatic carbocycles. The molecule has 0 aliphatic rings. The molecular formula is C29H29BrClP. The first-order chi connectivity index (χ1) is 15.3. The zero-order chi connectivity index (χ0) is 21.4. The number of halogens is 2. The molecule has 0 nitrogen and oxygen atoms in total. The van der Waals surface area contributed by atoms with Crippen LogP contribution in [0.4, 0.5) is 0 Å². The summed E-state index contributed by atoms with van der Waals surface area (Å²) in [6.45, 7) is 0. The van der Waals surface area contributed by atoms with Crippen LogP contribution >= 0.6 is 18.9 Å². The lowest BCUT2D eigenvalue weighted by Gasteiger charge is -2.27. The van der Waals surface area contributed by atoms with Crippen LogP contribution in [0.2, 0.25) is 5.02 Å². The fraction of sp³-hybridized carbons (Fsp3) is 0.172. The fourth-order valence-corrected chi connectivity index (χ4v) is 9.06. The monoisotopic (exact) mass is 522 g/mol. The van der Waals surface area contributed by atoms with Gasteiger partial charge in [0, 0.05) is 5.02 Å². The number of hydrogen-bond donors (Lipinski definition) is 0. The Morgan fingerprint density at radius 2 is 0.938 bits per heavy atom. The van der Waals surface area contributed by atoms with E-state index in [9.17, 15) is 0 Å². The molecule has 0 fully saturated rings. The van der Waals surface area contributed by atoms with Crippen LogP contribution in [0.3, 0.4) is 0 Å². The van der Waals surface area contributed by atoms with Crippen molar-refractivity contribution in [3.63, 3.8) is 0 Å². The predicted octanol–water partition coefficient (Wildman–Crippen LogP) is 4.05. The third-order valence-corrected chi connectivity index (χ3v) is 10.9. The van der Waals surface area contributed by atoms with Gasteiger partial charge in [-0.2, -0.15) is 0 Å². The van der Waals surface area contributed by atoms with Gasteiger partial charge in [0.1, 0.15) is 23.2 Å². The molecule has 0 N–H and O–H groups in total. The molecule has 0 aromatic heterocycles. The summed E-state index contributed by atoms with van der Waals surface area (Å²) in [4.78, 5) is 0. The molecule has 4 rings (SSSR count). The topological polar surface area (TPSA) is 0 Å². The second-order valence-corrected chi connectivity index (χ2v) is 12.0. The largest absolute Gasteiger partial charge is 1.00 e. The Morgan fingerprint density at radius 3 is 1.41 bits per heavy atom. The number of rotatable bonds is 9. The van der Waals surface area contributed by atoms with E-state index in [1.54, 1.807) is 0 Å². The first kappa shape index (κ1) is 24.7. The zero-order valence-electron chi connectivity index (χ0n) is 18.2. The Kier molecular flexibility index (Phi) is 9.54. The van der Waals surface area contributed by atoms with E-state index in [2.05, 4.69) is 103 Å². The zero-order valence-corrected chi connectivity index (χ0v) is 21.4. The molecule has 0 aliphatic carbocycles. The normalized spacial score (nSPS) is 11.0. The van der Waals surface area contributed by atoms with Crippen LogP contribution in [0, 0.1) is 0 Å². The summed E-state index contributed by atoms with van der Waals surface area (Å²) in [6.07, 6.45) is 5.82. The Hall–Kier alpha value is -1.92. The molecule has 0 aliphatic heterocycles. The maximum Gasteiger partial charge on any atom is 0.112 e. The van der Waals surface area contributed by atoms with Crippen molar-refractivity contribution < 1.29 is 17.0 Å². The highest BCUT2D eigenvalue weighted by Crippen LogP contribution is 2.55. The highest BCUT2D eigenvalue weighted by Gasteiger charge is 2.44. The smallest absolute Gasteiger partial charge is 0.112 e. The van der Waals surface area contributed by atoms with Gasteiger partial charge >= 0.3 is 0 Å². The quantitative estimate of drug-likeness (QED) is 0.229. The Bertz CT molecular complexity index is 971. The van der Waals surface area contributed by atoms with Crippen molar-refractivity contribution >= 4 is 34.8 Å². The van der Waals surface area contributed by atoms with E-state index in [1.165, 1.54) is 46.9 Å². The number of aryl methyl sites for hydroxylation is 1. The molecule has 0 saturated heterocycles. The lowest BCUT2D eigenvalue weighted by Crippen LogP contribution is -3.00. The predicted molar refractivity (Wildman–Crippen MR) is 139 cm³/mol. The maximum absolute atomic E-state index is 6.36. The molecule has 0 spiro atoms. The van der Waals surface area contributed by atoms with Crippen molar-refractivity contribution in [1.82, 2.24) is 0 Å². The first-order valence-electron chi connectivity index (χ1n) is 11.1. The molecule has 0 bridgehead atoms. The standard InChI is InChI=1S/C29H29ClP.BrH/c30-29-23-13-12-16-25(29)15-5-4-14-24-31(26-17-6-1-7-18-26,27-19-8-2-9-20-27)28-21-10-3-11-22-28;/h1-3,6-13,16-23H,4-5,14-15,24H2;1H/q+1;/p-1. The fourth-order valence-electron chi connectivity index (χ4n) is 4.42. The average molecular weight is 524 g/mol. The van der Waals surface area contributed by atoms with Crippen LogP contribution in [0.25, 0.3) is 0 Å². The number of unbranched alkanes of at least 4 members (excludes halogenated alkanes) is 2. The van der Waals surface area contributed by atoms with Crippen LogP contribution in [-0.2, 0) is 6.42 Å². The molecule has 0 radical (unpaired) electrons. The van der Waals surface area contributed by atoms with Crippen molar-refractivity contribution in [3.05, 3.63) is 126 Å². The third-order valence-electron chi connectivity index (χ3n) is 5.99. The first-order valence-corrected chi connectivity index (χ1v) is 13.4. The highest BCUT2D eigenvalue weighted by atomic mass is 79.9. The van der Waals surface area contributed by atoms with Crippen molar-refractivity contribution in [1.29, 1.82) is 0 Å². The van der Waals surface area contributed by atoms with E-state index in [0.717, 1.165) is 11.4 Å². The Balaban J connectivity index is 0.00000289. The number of benzene rings is 4. The van der Waals surface area contributed by atoms with Crippen molar-refractivity contribution in [2.75, 3.05) is 6.16 Å². The van der Waals surface area contributed by atoms with E-state index >= 15 is 0 Å². The average Bonchev–Trinajstić information content (AvgIpc) is 2.84. The van der Waals surface area contributed by atoms with Gasteiger partial charge in [-0.3, -0.25) is 0 Å². The van der Waals surface area contributed by atoms with Gasteiger partial charge in [-0.15, -0.1) is 0 Å².